The first-order chi connectivity index (χ1) is 16.8. The van der Waals surface area contributed by atoms with Gasteiger partial charge in [0.15, 0.2) is 0 Å². The molecule has 1 atom stereocenters. The smallest absolute Gasteiger partial charge is 0.287 e. The van der Waals surface area contributed by atoms with Gasteiger partial charge in [-0.2, -0.15) is 9.40 Å². The van der Waals surface area contributed by atoms with Gasteiger partial charge in [0.05, 0.1) is 38.8 Å². The van der Waals surface area contributed by atoms with E-state index in [-0.39, 0.29) is 40.4 Å². The highest BCUT2D eigenvalue weighted by molar-refractivity contribution is 7.89. The first-order valence-corrected chi connectivity index (χ1v) is 13.5. The number of methoxy groups -OCH3 is 2. The second-order valence-corrected chi connectivity index (χ2v) is 11.0. The Morgan fingerprint density at radius 2 is 1.97 bits per heavy atom. The van der Waals surface area contributed by atoms with Gasteiger partial charge in [0.2, 0.25) is 10.0 Å². The topological polar surface area (TPSA) is 112 Å². The van der Waals surface area contributed by atoms with Gasteiger partial charge in [-0.25, -0.2) is 13.1 Å². The molecule has 10 nitrogen and oxygen atoms in total. The van der Waals surface area contributed by atoms with Gasteiger partial charge < -0.3 is 19.5 Å². The molecule has 35 heavy (non-hydrogen) atoms. The summed E-state index contributed by atoms with van der Waals surface area (Å²) in [5.74, 6) is 1.05. The van der Waals surface area contributed by atoms with Crippen molar-refractivity contribution in [3.05, 3.63) is 39.8 Å². The van der Waals surface area contributed by atoms with Crippen LogP contribution in [0.15, 0.2) is 34.1 Å². The maximum atomic E-state index is 13.3. The Morgan fingerprint density at radius 3 is 2.63 bits per heavy atom. The number of sulfonamides is 1. The van der Waals surface area contributed by atoms with Gasteiger partial charge in [0.1, 0.15) is 21.4 Å². The zero-order valence-electron chi connectivity index (χ0n) is 19.9. The molecular formula is C23H31ClN4O6S. The fourth-order valence-electron chi connectivity index (χ4n) is 4.50. The summed E-state index contributed by atoms with van der Waals surface area (Å²) in [5, 5.41) is 7.66. The van der Waals surface area contributed by atoms with Gasteiger partial charge in [-0.15, -0.1) is 0 Å². The van der Waals surface area contributed by atoms with E-state index in [9.17, 15) is 13.2 Å². The summed E-state index contributed by atoms with van der Waals surface area (Å²) >= 11 is 6.38. The molecular weight excluding hydrogens is 496 g/mol. The molecule has 3 heterocycles. The van der Waals surface area contributed by atoms with Gasteiger partial charge >= 0.3 is 0 Å². The van der Waals surface area contributed by atoms with Gasteiger partial charge in [-0.1, -0.05) is 11.6 Å². The molecule has 12 heteroatoms. The Balaban J connectivity index is 1.44. The SMILES string of the molecule is COc1ccc(OC)c(S(=O)(=O)N2CCC(n3ncc(NC[C@H]4CCCOC4)c(Cl)c3=O)CC2)c1. The zero-order valence-corrected chi connectivity index (χ0v) is 21.5. The van der Waals surface area contributed by atoms with Crippen molar-refractivity contribution in [3.63, 3.8) is 0 Å². The van der Waals surface area contributed by atoms with E-state index in [0.717, 1.165) is 19.4 Å². The highest BCUT2D eigenvalue weighted by atomic mass is 35.5. The molecule has 0 saturated carbocycles. The molecule has 192 valence electrons. The monoisotopic (exact) mass is 526 g/mol. The van der Waals surface area contributed by atoms with Crippen molar-refractivity contribution < 1.29 is 22.6 Å². The lowest BCUT2D eigenvalue weighted by molar-refractivity contribution is 0.0595. The van der Waals surface area contributed by atoms with E-state index < -0.39 is 10.0 Å². The molecule has 0 amide bonds. The van der Waals surface area contributed by atoms with Gasteiger partial charge in [0.25, 0.3) is 5.56 Å². The fourth-order valence-corrected chi connectivity index (χ4v) is 6.35. The lowest BCUT2D eigenvalue weighted by Crippen LogP contribution is -2.41. The van der Waals surface area contributed by atoms with Crippen LogP contribution < -0.4 is 20.3 Å². The number of benzene rings is 1. The molecule has 2 saturated heterocycles. The standard InChI is InChI=1S/C23H31ClN4O6S/c1-32-18-5-6-20(33-2)21(12-18)35(30,31)27-9-7-17(8-10-27)28-23(29)22(24)19(14-26-28)25-13-16-4-3-11-34-15-16/h5-6,12,14,16-17,25H,3-4,7-11,13,15H2,1-2H3/t16-/m1/s1. The van der Waals surface area contributed by atoms with E-state index in [2.05, 4.69) is 10.4 Å². The van der Waals surface area contributed by atoms with E-state index in [4.69, 9.17) is 25.8 Å². The molecule has 1 aromatic carbocycles. The van der Waals surface area contributed by atoms with Crippen LogP contribution in [0.2, 0.25) is 5.02 Å². The van der Waals surface area contributed by atoms with E-state index in [1.54, 1.807) is 18.3 Å². The van der Waals surface area contributed by atoms with E-state index in [0.29, 0.717) is 43.3 Å². The predicted molar refractivity (Wildman–Crippen MR) is 132 cm³/mol. The third-order valence-electron chi connectivity index (χ3n) is 6.54. The number of hydrogen-bond acceptors (Lipinski definition) is 8. The molecule has 4 rings (SSSR count). The Hall–Kier alpha value is -2.34. The van der Waals surface area contributed by atoms with Crippen LogP contribution in [0.3, 0.4) is 0 Å². The van der Waals surface area contributed by atoms with Crippen LogP contribution in [0, 0.1) is 5.92 Å². The normalized spacial score (nSPS) is 19.9. The number of anilines is 1. The molecule has 0 bridgehead atoms. The summed E-state index contributed by atoms with van der Waals surface area (Å²) in [7, 11) is -0.908. The van der Waals surface area contributed by atoms with Gasteiger partial charge in [-0.05, 0) is 43.7 Å². The Bertz CT molecular complexity index is 1190. The number of ether oxygens (including phenoxy) is 3. The largest absolute Gasteiger partial charge is 0.497 e. The summed E-state index contributed by atoms with van der Waals surface area (Å²) in [6, 6.07) is 4.42. The third-order valence-corrected chi connectivity index (χ3v) is 8.82. The number of nitrogens with one attached hydrogen (secondary N) is 1. The molecule has 2 aliphatic rings. The van der Waals surface area contributed by atoms with Crippen LogP contribution in [0.25, 0.3) is 0 Å². The van der Waals surface area contributed by atoms with Gasteiger partial charge in [0, 0.05) is 32.3 Å². The molecule has 0 unspecified atom stereocenters. The van der Waals surface area contributed by atoms with Crippen molar-refractivity contribution >= 4 is 27.3 Å². The summed E-state index contributed by atoms with van der Waals surface area (Å²) in [6.45, 7) is 2.62. The van der Waals surface area contributed by atoms with E-state index >= 15 is 0 Å². The van der Waals surface area contributed by atoms with Crippen LogP contribution in [0.1, 0.15) is 31.7 Å². The molecule has 1 aromatic heterocycles. The van der Waals surface area contributed by atoms with Crippen molar-refractivity contribution in [2.45, 2.75) is 36.6 Å². The Labute approximate surface area is 210 Å². The summed E-state index contributed by atoms with van der Waals surface area (Å²) in [5.41, 5.74) is 0.121. The maximum Gasteiger partial charge on any atom is 0.287 e. The highest BCUT2D eigenvalue weighted by Gasteiger charge is 2.33. The fraction of sp³-hybridized carbons (Fsp3) is 0.565. The van der Waals surface area contributed by atoms with Crippen LogP contribution >= 0.6 is 11.6 Å². The van der Waals surface area contributed by atoms with Crippen molar-refractivity contribution in [3.8, 4) is 11.5 Å². The summed E-state index contributed by atoms with van der Waals surface area (Å²) in [4.78, 5) is 13.0. The average Bonchev–Trinajstić information content (AvgIpc) is 2.90. The predicted octanol–water partition coefficient (Wildman–Crippen LogP) is 2.78. The molecule has 0 radical (unpaired) electrons. The van der Waals surface area contributed by atoms with Crippen LogP contribution in [-0.2, 0) is 14.8 Å². The second-order valence-electron chi connectivity index (χ2n) is 8.74. The quantitative estimate of drug-likeness (QED) is 0.559. The molecule has 1 N–H and O–H groups in total. The van der Waals surface area contributed by atoms with Crippen molar-refractivity contribution in [1.82, 2.24) is 14.1 Å². The number of halogens is 1. The van der Waals surface area contributed by atoms with Gasteiger partial charge in [-0.3, -0.25) is 4.79 Å². The molecule has 2 aromatic rings. The van der Waals surface area contributed by atoms with Crippen LogP contribution in [-0.4, -0.2) is 69.6 Å². The lowest BCUT2D eigenvalue weighted by atomic mass is 10.0. The lowest BCUT2D eigenvalue weighted by Gasteiger charge is -2.32. The minimum Gasteiger partial charge on any atom is -0.497 e. The Morgan fingerprint density at radius 1 is 1.20 bits per heavy atom. The van der Waals surface area contributed by atoms with Crippen LogP contribution in [0.4, 0.5) is 5.69 Å². The molecule has 0 aliphatic carbocycles. The minimum atomic E-state index is -3.81. The first kappa shape index (κ1) is 25.7. The molecule has 2 aliphatic heterocycles. The average molecular weight is 527 g/mol. The summed E-state index contributed by atoms with van der Waals surface area (Å²) < 4.78 is 45.3. The van der Waals surface area contributed by atoms with Crippen LogP contribution in [0.5, 0.6) is 11.5 Å². The third kappa shape index (κ3) is 5.58. The second kappa shape index (κ2) is 11.2. The van der Waals surface area contributed by atoms with E-state index in [1.807, 2.05) is 0 Å². The Kier molecular flexibility index (Phi) is 8.20. The number of aromatic nitrogens is 2. The minimum absolute atomic E-state index is 0.0509. The number of piperidine rings is 1. The van der Waals surface area contributed by atoms with Crippen molar-refractivity contribution in [2.24, 2.45) is 5.92 Å². The summed E-state index contributed by atoms with van der Waals surface area (Å²) in [6.07, 6.45) is 4.52. The van der Waals surface area contributed by atoms with E-state index in [1.165, 1.54) is 29.3 Å². The van der Waals surface area contributed by atoms with Crippen molar-refractivity contribution in [2.75, 3.05) is 52.4 Å². The highest BCUT2D eigenvalue weighted by Crippen LogP contribution is 2.33. The zero-order chi connectivity index (χ0) is 25.0. The maximum absolute atomic E-state index is 13.3. The number of nitrogens with zero attached hydrogens (tertiary/aromatic N) is 3. The molecule has 0 spiro atoms. The number of rotatable bonds is 8. The first-order valence-electron chi connectivity index (χ1n) is 11.7. The number of hydrogen-bond donors (Lipinski definition) is 1. The van der Waals surface area contributed by atoms with Crippen molar-refractivity contribution in [1.29, 1.82) is 0 Å². The molecule has 2 fully saturated rings.